The van der Waals surface area contributed by atoms with Gasteiger partial charge in [-0.3, -0.25) is 0 Å². The fraction of sp³-hybridized carbons (Fsp3) is 0.357. The van der Waals surface area contributed by atoms with Gasteiger partial charge in [-0.15, -0.1) is 11.3 Å². The summed E-state index contributed by atoms with van der Waals surface area (Å²) in [5, 5.41) is 4.21. The fourth-order valence-electron chi connectivity index (χ4n) is 1.64. The van der Waals surface area contributed by atoms with Crippen LogP contribution in [-0.2, 0) is 6.54 Å². The predicted molar refractivity (Wildman–Crippen MR) is 74.2 cm³/mol. The number of halogens is 1. The summed E-state index contributed by atoms with van der Waals surface area (Å²) in [6.45, 7) is 5.74. The summed E-state index contributed by atoms with van der Waals surface area (Å²) >= 11 is 1.61. The van der Waals surface area contributed by atoms with Crippen LogP contribution in [0.2, 0.25) is 0 Å². The molecule has 96 valence electrons. The smallest absolute Gasteiger partial charge is 0.126 e. The van der Waals surface area contributed by atoms with Crippen LogP contribution in [0, 0.1) is 12.7 Å². The summed E-state index contributed by atoms with van der Waals surface area (Å²) in [5.74, 6) is -0.173. The van der Waals surface area contributed by atoms with Gasteiger partial charge in [0, 0.05) is 23.2 Å². The molecule has 0 saturated carbocycles. The Morgan fingerprint density at radius 2 is 2.22 bits per heavy atom. The number of hydrogen-bond donors (Lipinski definition) is 1. The van der Waals surface area contributed by atoms with Crippen LogP contribution < -0.4 is 5.32 Å². The molecule has 2 nitrogen and oxygen atoms in total. The van der Waals surface area contributed by atoms with Crippen LogP contribution in [0.4, 0.5) is 4.39 Å². The Kier molecular flexibility index (Phi) is 4.44. The van der Waals surface area contributed by atoms with E-state index < -0.39 is 0 Å². The number of thiazole rings is 1. The highest BCUT2D eigenvalue weighted by molar-refractivity contribution is 7.15. The van der Waals surface area contributed by atoms with Crippen molar-refractivity contribution in [3.63, 3.8) is 0 Å². The molecule has 0 atom stereocenters. The van der Waals surface area contributed by atoms with E-state index in [1.807, 2.05) is 12.3 Å². The van der Waals surface area contributed by atoms with E-state index in [1.165, 1.54) is 4.88 Å². The van der Waals surface area contributed by atoms with Crippen molar-refractivity contribution in [3.05, 3.63) is 40.7 Å². The van der Waals surface area contributed by atoms with E-state index in [0.29, 0.717) is 5.56 Å². The number of nitrogens with one attached hydrogen (secondary N) is 1. The molecule has 4 heteroatoms. The number of aromatic nitrogens is 1. The van der Waals surface area contributed by atoms with Crippen LogP contribution in [0.1, 0.15) is 23.8 Å². The summed E-state index contributed by atoms with van der Waals surface area (Å²) in [6, 6.07) is 5.26. The highest BCUT2D eigenvalue weighted by Gasteiger charge is 2.06. The number of rotatable bonds is 5. The van der Waals surface area contributed by atoms with Gasteiger partial charge in [-0.05, 0) is 31.5 Å². The predicted octanol–water partition coefficient (Wildman–Crippen LogP) is 3.76. The first-order valence-electron chi connectivity index (χ1n) is 6.12. The molecule has 1 aromatic carbocycles. The van der Waals surface area contributed by atoms with E-state index >= 15 is 0 Å². The second kappa shape index (κ2) is 6.07. The first kappa shape index (κ1) is 13.2. The average Bonchev–Trinajstić information content (AvgIpc) is 2.82. The molecule has 0 fully saturated rings. The minimum absolute atomic E-state index is 0.173. The van der Waals surface area contributed by atoms with Crippen molar-refractivity contribution in [1.29, 1.82) is 0 Å². The number of benzene rings is 1. The fourth-order valence-corrected chi connectivity index (χ4v) is 2.52. The van der Waals surface area contributed by atoms with Gasteiger partial charge in [0.15, 0.2) is 0 Å². The monoisotopic (exact) mass is 264 g/mol. The van der Waals surface area contributed by atoms with Crippen molar-refractivity contribution < 1.29 is 4.39 Å². The van der Waals surface area contributed by atoms with Gasteiger partial charge in [0.05, 0.1) is 0 Å². The molecule has 0 radical (unpaired) electrons. The third-order valence-electron chi connectivity index (χ3n) is 2.70. The molecule has 1 aromatic heterocycles. The van der Waals surface area contributed by atoms with Crippen molar-refractivity contribution in [1.82, 2.24) is 10.3 Å². The summed E-state index contributed by atoms with van der Waals surface area (Å²) in [5.41, 5.74) is 1.52. The topological polar surface area (TPSA) is 24.9 Å². The number of nitrogens with zero attached hydrogens (tertiary/aromatic N) is 1. The van der Waals surface area contributed by atoms with Gasteiger partial charge in [0.1, 0.15) is 10.8 Å². The first-order chi connectivity index (χ1) is 8.70. The maximum absolute atomic E-state index is 13.5. The van der Waals surface area contributed by atoms with E-state index in [-0.39, 0.29) is 5.82 Å². The Morgan fingerprint density at radius 1 is 1.39 bits per heavy atom. The Bertz CT molecular complexity index is 522. The summed E-state index contributed by atoms with van der Waals surface area (Å²) in [6.07, 6.45) is 2.98. The van der Waals surface area contributed by atoms with Crippen molar-refractivity contribution in [2.45, 2.75) is 26.8 Å². The summed E-state index contributed by atoms with van der Waals surface area (Å²) in [7, 11) is 0. The van der Waals surface area contributed by atoms with Crippen molar-refractivity contribution in [2.24, 2.45) is 0 Å². The molecular formula is C14H17FN2S. The molecule has 2 rings (SSSR count). The first-order valence-corrected chi connectivity index (χ1v) is 6.94. The van der Waals surface area contributed by atoms with Crippen LogP contribution in [0.25, 0.3) is 10.6 Å². The maximum atomic E-state index is 13.5. The lowest BCUT2D eigenvalue weighted by molar-refractivity contribution is 0.619. The zero-order valence-corrected chi connectivity index (χ0v) is 11.5. The Morgan fingerprint density at radius 3 is 2.94 bits per heavy atom. The Balaban J connectivity index is 2.11. The van der Waals surface area contributed by atoms with E-state index in [4.69, 9.17) is 0 Å². The van der Waals surface area contributed by atoms with Crippen LogP contribution in [0.15, 0.2) is 24.4 Å². The molecule has 0 bridgehead atoms. The van der Waals surface area contributed by atoms with Gasteiger partial charge < -0.3 is 5.32 Å². The minimum Gasteiger partial charge on any atom is -0.312 e. The molecule has 0 saturated heterocycles. The van der Waals surface area contributed by atoms with Gasteiger partial charge in [0.25, 0.3) is 0 Å². The highest BCUT2D eigenvalue weighted by Crippen LogP contribution is 2.26. The molecule has 1 N–H and O–H groups in total. The summed E-state index contributed by atoms with van der Waals surface area (Å²) < 4.78 is 13.5. The second-order valence-electron chi connectivity index (χ2n) is 4.27. The maximum Gasteiger partial charge on any atom is 0.126 e. The molecule has 0 aliphatic rings. The van der Waals surface area contributed by atoms with Gasteiger partial charge in [-0.1, -0.05) is 19.1 Å². The van der Waals surface area contributed by atoms with Crippen LogP contribution in [0.3, 0.4) is 0 Å². The standard InChI is InChI=1S/C14H17FN2S/c1-3-6-16-8-12-9-17-14(18-12)11-5-4-10(2)13(15)7-11/h4-5,7,9,16H,3,6,8H2,1-2H3. The van der Waals surface area contributed by atoms with Crippen molar-refractivity contribution in [3.8, 4) is 10.6 Å². The Labute approximate surface area is 111 Å². The molecule has 0 amide bonds. The lowest BCUT2D eigenvalue weighted by atomic mass is 10.1. The SMILES string of the molecule is CCCNCc1cnc(-c2ccc(C)c(F)c2)s1. The summed E-state index contributed by atoms with van der Waals surface area (Å²) in [4.78, 5) is 5.53. The molecule has 0 unspecified atom stereocenters. The zero-order chi connectivity index (χ0) is 13.0. The Hall–Kier alpha value is -1.26. The minimum atomic E-state index is -0.173. The molecule has 0 aliphatic carbocycles. The highest BCUT2D eigenvalue weighted by atomic mass is 32.1. The van der Waals surface area contributed by atoms with E-state index in [1.54, 1.807) is 30.4 Å². The lowest BCUT2D eigenvalue weighted by Crippen LogP contribution is -2.12. The third-order valence-corrected chi connectivity index (χ3v) is 3.74. The molecular weight excluding hydrogens is 247 g/mol. The van der Waals surface area contributed by atoms with Crippen LogP contribution in [-0.4, -0.2) is 11.5 Å². The van der Waals surface area contributed by atoms with E-state index in [2.05, 4.69) is 17.2 Å². The quantitative estimate of drug-likeness (QED) is 0.832. The normalized spacial score (nSPS) is 10.8. The third kappa shape index (κ3) is 3.15. The van der Waals surface area contributed by atoms with Gasteiger partial charge >= 0.3 is 0 Å². The number of hydrogen-bond acceptors (Lipinski definition) is 3. The second-order valence-corrected chi connectivity index (χ2v) is 5.39. The van der Waals surface area contributed by atoms with Gasteiger partial charge in [-0.2, -0.15) is 0 Å². The molecule has 0 aliphatic heterocycles. The van der Waals surface area contributed by atoms with E-state index in [0.717, 1.165) is 30.1 Å². The zero-order valence-electron chi connectivity index (χ0n) is 10.7. The molecule has 2 aromatic rings. The molecule has 18 heavy (non-hydrogen) atoms. The van der Waals surface area contributed by atoms with Gasteiger partial charge in [-0.25, -0.2) is 9.37 Å². The largest absolute Gasteiger partial charge is 0.312 e. The van der Waals surface area contributed by atoms with E-state index in [9.17, 15) is 4.39 Å². The van der Waals surface area contributed by atoms with Gasteiger partial charge in [0.2, 0.25) is 0 Å². The average molecular weight is 264 g/mol. The van der Waals surface area contributed by atoms with Crippen LogP contribution in [0.5, 0.6) is 0 Å². The van der Waals surface area contributed by atoms with Crippen molar-refractivity contribution in [2.75, 3.05) is 6.54 Å². The lowest BCUT2D eigenvalue weighted by Gasteiger charge is -2.00. The van der Waals surface area contributed by atoms with Crippen LogP contribution >= 0.6 is 11.3 Å². The molecule has 1 heterocycles. The molecule has 0 spiro atoms. The number of aryl methyl sites for hydroxylation is 1. The van der Waals surface area contributed by atoms with Crippen molar-refractivity contribution >= 4 is 11.3 Å².